The first kappa shape index (κ1) is 7.79. The van der Waals surface area contributed by atoms with Gasteiger partial charge in [-0.1, -0.05) is 6.07 Å². The minimum atomic E-state index is -2.34. The van der Waals surface area contributed by atoms with Crippen LogP contribution in [0, 0.1) is 0 Å². The average molecular weight is 266 g/mol. The maximum absolute atomic E-state index is 7.99. The molecule has 0 saturated carbocycles. The van der Waals surface area contributed by atoms with Crippen LogP contribution in [0.3, 0.4) is 0 Å². The van der Waals surface area contributed by atoms with E-state index in [-0.39, 0.29) is 0 Å². The second-order valence-electron chi connectivity index (χ2n) is 4.88. The lowest BCUT2D eigenvalue weighted by molar-refractivity contribution is -0.652. The standard InChI is InChI=1S/C15H11N4O/c1-18-13-10-4-6-16-7-11(10)20-15(13)19-8-9-3-2-5-17-12(9)14(18)19/h2-7H,8H2,1H3/q+1/i1D3. The fourth-order valence-electron chi connectivity index (χ4n) is 2.96. The maximum Gasteiger partial charge on any atom is 0.339 e. The Labute approximate surface area is 118 Å². The molecule has 0 bridgehead atoms. The summed E-state index contributed by atoms with van der Waals surface area (Å²) in [4.78, 5) is 8.43. The van der Waals surface area contributed by atoms with Gasteiger partial charge in [-0.05, 0) is 12.1 Å². The Hall–Kier alpha value is -2.69. The fourth-order valence-corrected chi connectivity index (χ4v) is 2.96. The summed E-state index contributed by atoms with van der Waals surface area (Å²) in [5.41, 5.74) is 3.36. The highest BCUT2D eigenvalue weighted by Crippen LogP contribution is 2.33. The number of pyridine rings is 2. The molecule has 0 unspecified atom stereocenters. The Morgan fingerprint density at radius 2 is 2.40 bits per heavy atom. The molecule has 96 valence electrons. The van der Waals surface area contributed by atoms with Gasteiger partial charge < -0.3 is 4.42 Å². The van der Waals surface area contributed by atoms with Crippen LogP contribution in [0.25, 0.3) is 33.7 Å². The maximum atomic E-state index is 7.99. The smallest absolute Gasteiger partial charge is 0.339 e. The van der Waals surface area contributed by atoms with Gasteiger partial charge in [-0.25, -0.2) is 9.55 Å². The predicted molar refractivity (Wildman–Crippen MR) is 73.0 cm³/mol. The molecule has 0 atom stereocenters. The van der Waals surface area contributed by atoms with Crippen LogP contribution in [0.1, 0.15) is 9.68 Å². The van der Waals surface area contributed by atoms with Gasteiger partial charge >= 0.3 is 11.5 Å². The van der Waals surface area contributed by atoms with E-state index >= 15 is 0 Å². The van der Waals surface area contributed by atoms with Crippen molar-refractivity contribution in [1.29, 1.82) is 0 Å². The van der Waals surface area contributed by atoms with E-state index in [1.807, 2.05) is 16.7 Å². The molecule has 0 fully saturated rings. The molecular weight excluding hydrogens is 252 g/mol. The SMILES string of the molecule is [2H]C([2H])([2H])n1c2[n+](c3oc4cnccc4c31)Cc1cccnc1-2. The first-order chi connectivity index (χ1) is 11.1. The molecule has 4 aromatic heterocycles. The Morgan fingerprint density at radius 3 is 3.35 bits per heavy atom. The van der Waals surface area contributed by atoms with Crippen LogP contribution in [0.15, 0.2) is 41.2 Å². The third kappa shape index (κ3) is 1.02. The van der Waals surface area contributed by atoms with E-state index in [2.05, 4.69) is 9.97 Å². The highest BCUT2D eigenvalue weighted by atomic mass is 16.3. The molecule has 0 radical (unpaired) electrons. The van der Waals surface area contributed by atoms with Crippen LogP contribution in [0.5, 0.6) is 0 Å². The fraction of sp³-hybridized carbons (Fsp3) is 0.133. The highest BCUT2D eigenvalue weighted by molar-refractivity contribution is 6.01. The molecule has 5 rings (SSSR count). The molecule has 1 aliphatic heterocycles. The molecule has 0 aromatic carbocycles. The van der Waals surface area contributed by atoms with Gasteiger partial charge in [0.15, 0.2) is 11.3 Å². The van der Waals surface area contributed by atoms with Gasteiger partial charge in [0.05, 0.1) is 22.7 Å². The minimum Gasteiger partial charge on any atom is -0.417 e. The number of fused-ring (bicyclic) bond motifs is 7. The van der Waals surface area contributed by atoms with Gasteiger partial charge in [-0.3, -0.25) is 4.98 Å². The summed E-state index contributed by atoms with van der Waals surface area (Å²) in [5.74, 6) is 0.563. The lowest BCUT2D eigenvalue weighted by Gasteiger charge is -1.93. The van der Waals surface area contributed by atoms with Gasteiger partial charge in [0.25, 0.3) is 0 Å². The molecule has 0 N–H and O–H groups in total. The Morgan fingerprint density at radius 1 is 1.40 bits per heavy atom. The lowest BCUT2D eigenvalue weighted by atomic mass is 10.2. The van der Waals surface area contributed by atoms with E-state index in [1.54, 1.807) is 24.7 Å². The number of aryl methyl sites for hydroxylation is 1. The molecule has 1 aliphatic rings. The third-order valence-electron chi connectivity index (χ3n) is 3.82. The van der Waals surface area contributed by atoms with Crippen molar-refractivity contribution in [2.24, 2.45) is 6.98 Å². The van der Waals surface area contributed by atoms with E-state index in [9.17, 15) is 0 Å². The first-order valence-corrected chi connectivity index (χ1v) is 6.31. The quantitative estimate of drug-likeness (QED) is 0.403. The van der Waals surface area contributed by atoms with Crippen LogP contribution < -0.4 is 4.57 Å². The monoisotopic (exact) mass is 266 g/mol. The van der Waals surface area contributed by atoms with Crippen LogP contribution in [-0.4, -0.2) is 14.5 Å². The van der Waals surface area contributed by atoms with Crippen LogP contribution in [-0.2, 0) is 13.5 Å². The number of hydrogen-bond donors (Lipinski definition) is 0. The Bertz CT molecular complexity index is 1090. The number of furan rings is 1. The average Bonchev–Trinajstić information content (AvgIpc) is 3.13. The van der Waals surface area contributed by atoms with Crippen molar-refractivity contribution in [3.8, 4) is 11.5 Å². The molecular formula is C15H11N4O+. The molecule has 5 nitrogen and oxygen atoms in total. The topological polar surface area (TPSA) is 47.7 Å². The third-order valence-corrected chi connectivity index (χ3v) is 3.82. The molecule has 0 spiro atoms. The Kier molecular flexibility index (Phi) is 1.27. The zero-order chi connectivity index (χ0) is 15.8. The summed E-state index contributed by atoms with van der Waals surface area (Å²) in [6.45, 7) is -1.79. The summed E-state index contributed by atoms with van der Waals surface area (Å²) in [6.07, 6.45) is 4.91. The molecule has 0 saturated heterocycles. The molecule has 0 aliphatic carbocycles. The van der Waals surface area contributed by atoms with Crippen LogP contribution in [0.2, 0.25) is 0 Å². The molecule has 4 aromatic rings. The predicted octanol–water partition coefficient (Wildman–Crippen LogP) is 2.03. The van der Waals surface area contributed by atoms with Crippen molar-refractivity contribution < 1.29 is 13.1 Å². The van der Waals surface area contributed by atoms with E-state index in [4.69, 9.17) is 8.53 Å². The van der Waals surface area contributed by atoms with Crippen molar-refractivity contribution in [2.45, 2.75) is 6.54 Å². The second-order valence-corrected chi connectivity index (χ2v) is 4.88. The zero-order valence-electron chi connectivity index (χ0n) is 13.4. The normalized spacial score (nSPS) is 15.9. The van der Waals surface area contributed by atoms with Gasteiger partial charge in [0.2, 0.25) is 5.52 Å². The molecule has 5 heterocycles. The first-order valence-electron chi connectivity index (χ1n) is 7.81. The molecule has 0 amide bonds. The zero-order valence-corrected chi connectivity index (χ0v) is 10.4. The number of nitrogens with zero attached hydrogens (tertiary/aromatic N) is 4. The number of imidazole rings is 1. The summed E-state index contributed by atoms with van der Waals surface area (Å²) in [6, 6.07) is 5.58. The van der Waals surface area contributed by atoms with E-state index in [0.717, 1.165) is 10.9 Å². The number of hydrogen-bond acceptors (Lipinski definition) is 3. The molecule has 5 heteroatoms. The van der Waals surface area contributed by atoms with Gasteiger partial charge in [-0.2, -0.15) is 4.57 Å². The van der Waals surface area contributed by atoms with Crippen molar-refractivity contribution in [2.75, 3.05) is 0 Å². The second kappa shape index (κ2) is 3.25. The van der Waals surface area contributed by atoms with Crippen molar-refractivity contribution in [3.63, 3.8) is 0 Å². The largest absolute Gasteiger partial charge is 0.417 e. The number of rotatable bonds is 0. The van der Waals surface area contributed by atoms with Gasteiger partial charge in [0, 0.05) is 18.0 Å². The van der Waals surface area contributed by atoms with E-state index in [0.29, 0.717) is 34.9 Å². The Balaban J connectivity index is 2.01. The highest BCUT2D eigenvalue weighted by Gasteiger charge is 2.36. The summed E-state index contributed by atoms with van der Waals surface area (Å²) in [7, 11) is 0. The minimum absolute atomic E-state index is 0.539. The van der Waals surface area contributed by atoms with Crippen LogP contribution >= 0.6 is 0 Å². The lowest BCUT2D eigenvalue weighted by Crippen LogP contribution is -2.31. The van der Waals surface area contributed by atoms with E-state index in [1.165, 1.54) is 4.57 Å². The van der Waals surface area contributed by atoms with Crippen molar-refractivity contribution in [3.05, 3.63) is 42.4 Å². The van der Waals surface area contributed by atoms with E-state index < -0.39 is 6.98 Å². The summed E-state index contributed by atoms with van der Waals surface area (Å²) in [5, 5.41) is 0.741. The molecule has 20 heavy (non-hydrogen) atoms. The van der Waals surface area contributed by atoms with Crippen LogP contribution in [0.4, 0.5) is 0 Å². The summed E-state index contributed by atoms with van der Waals surface area (Å²) < 4.78 is 33.1. The van der Waals surface area contributed by atoms with Gasteiger partial charge in [-0.15, -0.1) is 0 Å². The van der Waals surface area contributed by atoms with Crippen molar-refractivity contribution in [1.82, 2.24) is 14.5 Å². The van der Waals surface area contributed by atoms with Crippen molar-refractivity contribution >= 4 is 22.2 Å². The summed E-state index contributed by atoms with van der Waals surface area (Å²) >= 11 is 0. The number of aromatic nitrogens is 4. The van der Waals surface area contributed by atoms with Gasteiger partial charge in [0.1, 0.15) is 6.54 Å².